The van der Waals surface area contributed by atoms with Crippen molar-refractivity contribution in [3.05, 3.63) is 101 Å². The van der Waals surface area contributed by atoms with Gasteiger partial charge in [0.05, 0.1) is 12.2 Å². The molecule has 4 rings (SSSR count). The third-order valence-corrected chi connectivity index (χ3v) is 7.76. The van der Waals surface area contributed by atoms with Crippen LogP contribution in [0.15, 0.2) is 78.9 Å². The first-order valence-corrected chi connectivity index (χ1v) is 13.8. The monoisotopic (exact) mass is 532 g/mol. The Morgan fingerprint density at radius 3 is 2.45 bits per heavy atom. The van der Waals surface area contributed by atoms with Crippen molar-refractivity contribution in [2.45, 2.75) is 64.6 Å². The molecule has 0 spiro atoms. The fourth-order valence-electron chi connectivity index (χ4n) is 5.58. The van der Waals surface area contributed by atoms with Gasteiger partial charge in [-0.1, -0.05) is 92.0 Å². The van der Waals surface area contributed by atoms with Gasteiger partial charge >= 0.3 is 5.97 Å². The molecule has 1 N–H and O–H groups in total. The number of carbonyl (C=O) groups is 1. The normalized spacial score (nSPS) is 21.2. The van der Waals surface area contributed by atoms with E-state index in [1.807, 2.05) is 48.5 Å². The average Bonchev–Trinajstić information content (AvgIpc) is 2.91. The Bertz CT molecular complexity index is 1250. The van der Waals surface area contributed by atoms with Gasteiger partial charge in [-0.25, -0.2) is 4.79 Å². The summed E-state index contributed by atoms with van der Waals surface area (Å²) >= 11 is 6.20. The number of hydrogen-bond donors (Lipinski definition) is 1. The summed E-state index contributed by atoms with van der Waals surface area (Å²) in [7, 11) is 0. The molecule has 0 bridgehead atoms. The van der Waals surface area contributed by atoms with E-state index in [0.717, 1.165) is 58.5 Å². The number of aryl methyl sites for hydroxylation is 1. The molecule has 1 fully saturated rings. The Balaban J connectivity index is 1.79. The number of halogens is 1. The molecule has 5 heteroatoms. The first-order chi connectivity index (χ1) is 18.3. The highest BCUT2D eigenvalue weighted by Gasteiger charge is 2.41. The minimum absolute atomic E-state index is 0.0113. The molecule has 0 aliphatic carbocycles. The number of ether oxygens (including phenoxy) is 2. The molecule has 0 saturated carbocycles. The Morgan fingerprint density at radius 1 is 1.11 bits per heavy atom. The van der Waals surface area contributed by atoms with Crippen LogP contribution in [0.5, 0.6) is 5.75 Å². The number of carboxylic acid groups (broad SMARTS) is 1. The molecule has 1 heterocycles. The second kappa shape index (κ2) is 12.6. The molecule has 0 radical (unpaired) electrons. The van der Waals surface area contributed by atoms with Crippen molar-refractivity contribution in [3.8, 4) is 16.9 Å². The van der Waals surface area contributed by atoms with E-state index in [-0.39, 0.29) is 24.0 Å². The van der Waals surface area contributed by atoms with Gasteiger partial charge in [0.2, 0.25) is 0 Å². The fraction of sp³-hybridized carbons (Fsp3) is 0.364. The van der Waals surface area contributed by atoms with Crippen LogP contribution < -0.4 is 4.74 Å². The molecule has 0 amide bonds. The third-order valence-electron chi connectivity index (χ3n) is 7.51. The highest BCUT2D eigenvalue weighted by atomic mass is 35.5. The van der Waals surface area contributed by atoms with Crippen molar-refractivity contribution in [1.82, 2.24) is 0 Å². The summed E-state index contributed by atoms with van der Waals surface area (Å²) in [6.45, 7) is 10.2. The summed E-state index contributed by atoms with van der Waals surface area (Å²) < 4.78 is 12.9. The second-order valence-electron chi connectivity index (χ2n) is 10.3. The van der Waals surface area contributed by atoms with Gasteiger partial charge in [0.15, 0.2) is 6.61 Å². The van der Waals surface area contributed by atoms with Crippen LogP contribution in [0.25, 0.3) is 11.1 Å². The van der Waals surface area contributed by atoms with Gasteiger partial charge in [-0.05, 0) is 67.1 Å². The lowest BCUT2D eigenvalue weighted by Crippen LogP contribution is -2.36. The molecule has 1 aliphatic rings. The number of carboxylic acids is 1. The van der Waals surface area contributed by atoms with E-state index in [2.05, 4.69) is 45.5 Å². The van der Waals surface area contributed by atoms with Crippen LogP contribution in [0.2, 0.25) is 5.02 Å². The fourth-order valence-corrected chi connectivity index (χ4v) is 5.70. The van der Waals surface area contributed by atoms with Crippen LogP contribution >= 0.6 is 11.6 Å². The molecule has 0 unspecified atom stereocenters. The maximum atomic E-state index is 11.5. The zero-order valence-corrected chi connectivity index (χ0v) is 23.2. The van der Waals surface area contributed by atoms with Crippen LogP contribution in [-0.4, -0.2) is 23.8 Å². The van der Waals surface area contributed by atoms with Crippen LogP contribution in [0.4, 0.5) is 0 Å². The Morgan fingerprint density at radius 2 is 1.82 bits per heavy atom. The van der Waals surface area contributed by atoms with Gasteiger partial charge in [-0.15, -0.1) is 0 Å². The lowest BCUT2D eigenvalue weighted by molar-refractivity contribution is -0.139. The van der Waals surface area contributed by atoms with Crippen molar-refractivity contribution < 1.29 is 19.4 Å². The van der Waals surface area contributed by atoms with Crippen LogP contribution in [0.3, 0.4) is 0 Å². The van der Waals surface area contributed by atoms with Gasteiger partial charge in [0, 0.05) is 22.4 Å². The smallest absolute Gasteiger partial charge is 0.341 e. The molecule has 0 aromatic heterocycles. The van der Waals surface area contributed by atoms with E-state index < -0.39 is 12.6 Å². The SMILES string of the molecule is C=C(C)[C@@H]1C[C@@H](c2ccc(Cl)cc2)[C@@H](CCCC)O[C@H]1c1c(C)cc(-c2ccccc2)cc1OCC(=O)O. The number of rotatable bonds is 10. The van der Waals surface area contributed by atoms with E-state index in [1.54, 1.807) is 0 Å². The van der Waals surface area contributed by atoms with E-state index in [4.69, 9.17) is 21.1 Å². The van der Waals surface area contributed by atoms with Gasteiger partial charge in [0.25, 0.3) is 0 Å². The third kappa shape index (κ3) is 6.48. The van der Waals surface area contributed by atoms with Gasteiger partial charge < -0.3 is 14.6 Å². The summed E-state index contributed by atoms with van der Waals surface area (Å²) in [6.07, 6.45) is 3.69. The van der Waals surface area contributed by atoms with Crippen molar-refractivity contribution in [2.75, 3.05) is 6.61 Å². The van der Waals surface area contributed by atoms with Crippen molar-refractivity contribution >= 4 is 17.6 Å². The minimum Gasteiger partial charge on any atom is -0.481 e. The molecule has 4 atom stereocenters. The second-order valence-corrected chi connectivity index (χ2v) is 10.8. The summed E-state index contributed by atoms with van der Waals surface area (Å²) in [5.74, 6) is -0.198. The standard InChI is InChI=1S/C33H37ClO4/c1-5-6-12-29-28(24-13-15-26(34)16-14-24)19-27(21(2)3)33(38-29)32-22(4)17-25(23-10-8-7-9-11-23)18-30(32)37-20-31(35)36/h7-11,13-18,27-29,33H,2,5-6,12,19-20H2,1,3-4H3,(H,35,36)/t27-,28-,29+,33+/m0/s1. The molecule has 1 saturated heterocycles. The Labute approximate surface area is 231 Å². The van der Waals surface area contributed by atoms with E-state index >= 15 is 0 Å². The van der Waals surface area contributed by atoms with Gasteiger partial charge in [-0.2, -0.15) is 0 Å². The van der Waals surface area contributed by atoms with Crippen LogP contribution in [0.1, 0.15) is 68.2 Å². The maximum Gasteiger partial charge on any atom is 0.341 e. The first-order valence-electron chi connectivity index (χ1n) is 13.4. The summed E-state index contributed by atoms with van der Waals surface area (Å²) in [5, 5.41) is 10.1. The molecule has 200 valence electrons. The Kier molecular flexibility index (Phi) is 9.30. The maximum absolute atomic E-state index is 11.5. The van der Waals surface area contributed by atoms with Crippen molar-refractivity contribution in [1.29, 1.82) is 0 Å². The first kappa shape index (κ1) is 27.9. The number of aliphatic carboxylic acids is 1. The summed E-state index contributed by atoms with van der Waals surface area (Å²) in [5.41, 5.74) is 6.22. The molecular weight excluding hydrogens is 496 g/mol. The predicted octanol–water partition coefficient (Wildman–Crippen LogP) is 8.78. The zero-order chi connectivity index (χ0) is 27.2. The van der Waals surface area contributed by atoms with Crippen molar-refractivity contribution in [3.63, 3.8) is 0 Å². The summed E-state index contributed by atoms with van der Waals surface area (Å²) in [4.78, 5) is 11.5. The van der Waals surface area contributed by atoms with Crippen LogP contribution in [0, 0.1) is 12.8 Å². The van der Waals surface area contributed by atoms with E-state index in [1.165, 1.54) is 5.56 Å². The topological polar surface area (TPSA) is 55.8 Å². The summed E-state index contributed by atoms with van der Waals surface area (Å²) in [6, 6.07) is 22.2. The highest BCUT2D eigenvalue weighted by Crippen LogP contribution is 2.50. The minimum atomic E-state index is -1.01. The lowest BCUT2D eigenvalue weighted by Gasteiger charge is -2.43. The molecule has 3 aromatic rings. The van der Waals surface area contributed by atoms with Crippen LogP contribution in [-0.2, 0) is 9.53 Å². The number of benzene rings is 3. The van der Waals surface area contributed by atoms with Gasteiger partial charge in [0.1, 0.15) is 5.75 Å². The zero-order valence-electron chi connectivity index (χ0n) is 22.5. The van der Waals surface area contributed by atoms with Crippen molar-refractivity contribution in [2.24, 2.45) is 5.92 Å². The van der Waals surface area contributed by atoms with E-state index in [0.29, 0.717) is 5.75 Å². The molecule has 38 heavy (non-hydrogen) atoms. The van der Waals surface area contributed by atoms with E-state index in [9.17, 15) is 9.90 Å². The molecule has 1 aliphatic heterocycles. The van der Waals surface area contributed by atoms with Gasteiger partial charge in [-0.3, -0.25) is 0 Å². The lowest BCUT2D eigenvalue weighted by atomic mass is 9.74. The quantitative estimate of drug-likeness (QED) is 0.265. The Hall–Kier alpha value is -3.08. The number of hydrogen-bond acceptors (Lipinski definition) is 3. The molecule has 4 nitrogen and oxygen atoms in total. The highest BCUT2D eigenvalue weighted by molar-refractivity contribution is 6.30. The predicted molar refractivity (Wildman–Crippen MR) is 154 cm³/mol. The largest absolute Gasteiger partial charge is 0.481 e. The number of unbranched alkanes of at least 4 members (excludes halogenated alkanes) is 1. The average molecular weight is 533 g/mol. The molecule has 3 aromatic carbocycles. The molecular formula is C33H37ClO4.